The lowest BCUT2D eigenvalue weighted by Crippen LogP contribution is -2.09. The van der Waals surface area contributed by atoms with Gasteiger partial charge < -0.3 is 14.8 Å². The van der Waals surface area contributed by atoms with E-state index in [1.807, 2.05) is 48.5 Å². The first-order chi connectivity index (χ1) is 15.1. The maximum absolute atomic E-state index is 12.2. The Kier molecular flexibility index (Phi) is 7.94. The predicted octanol–water partition coefficient (Wildman–Crippen LogP) is 4.42. The van der Waals surface area contributed by atoms with Gasteiger partial charge in [0.05, 0.1) is 7.11 Å². The second-order valence-electron chi connectivity index (χ2n) is 6.82. The summed E-state index contributed by atoms with van der Waals surface area (Å²) < 4.78 is 10.5. The summed E-state index contributed by atoms with van der Waals surface area (Å²) in [5, 5.41) is 2.81. The number of carbonyl (C=O) groups is 2. The number of hydrogen-bond acceptors (Lipinski definition) is 5. The van der Waals surface area contributed by atoms with E-state index >= 15 is 0 Å². The molecule has 0 saturated heterocycles. The first-order valence-corrected chi connectivity index (χ1v) is 9.89. The van der Waals surface area contributed by atoms with Gasteiger partial charge in [0.2, 0.25) is 5.91 Å². The van der Waals surface area contributed by atoms with Gasteiger partial charge in [-0.25, -0.2) is 0 Å². The van der Waals surface area contributed by atoms with Crippen molar-refractivity contribution in [1.82, 2.24) is 4.98 Å². The Morgan fingerprint density at radius 3 is 2.61 bits per heavy atom. The molecule has 1 N–H and O–H groups in total. The number of ether oxygens (including phenoxy) is 2. The zero-order valence-corrected chi connectivity index (χ0v) is 17.3. The van der Waals surface area contributed by atoms with Gasteiger partial charge in [-0.05, 0) is 65.6 Å². The fourth-order valence-electron chi connectivity index (χ4n) is 2.87. The van der Waals surface area contributed by atoms with E-state index < -0.39 is 0 Å². The van der Waals surface area contributed by atoms with Crippen molar-refractivity contribution in [2.24, 2.45) is 0 Å². The number of benzene rings is 2. The number of aromatic nitrogens is 1. The van der Waals surface area contributed by atoms with Crippen molar-refractivity contribution in [3.05, 3.63) is 95.8 Å². The van der Waals surface area contributed by atoms with E-state index in [4.69, 9.17) is 9.47 Å². The van der Waals surface area contributed by atoms with Crippen molar-refractivity contribution >= 4 is 23.6 Å². The highest BCUT2D eigenvalue weighted by Gasteiger charge is 2.06. The molecule has 0 bridgehead atoms. The van der Waals surface area contributed by atoms with E-state index in [1.165, 1.54) is 6.08 Å². The molecule has 0 spiro atoms. The molecular weight excluding hydrogens is 392 g/mol. The minimum atomic E-state index is -0.271. The lowest BCUT2D eigenvalue weighted by molar-refractivity contribution is -0.144. The van der Waals surface area contributed by atoms with Crippen molar-refractivity contribution in [1.29, 1.82) is 0 Å². The summed E-state index contributed by atoms with van der Waals surface area (Å²) in [6.45, 7) is 0.151. The number of anilines is 1. The van der Waals surface area contributed by atoms with E-state index in [9.17, 15) is 9.59 Å². The number of nitrogens with one attached hydrogen (secondary N) is 1. The second-order valence-corrected chi connectivity index (χ2v) is 6.82. The highest BCUT2D eigenvalue weighted by atomic mass is 16.5. The fraction of sp³-hybridized carbons (Fsp3) is 0.160. The third-order valence-electron chi connectivity index (χ3n) is 4.48. The Labute approximate surface area is 181 Å². The van der Waals surface area contributed by atoms with E-state index in [0.717, 1.165) is 22.4 Å². The minimum Gasteiger partial charge on any atom is -0.497 e. The summed E-state index contributed by atoms with van der Waals surface area (Å²) >= 11 is 0. The molecule has 0 aliphatic rings. The zero-order valence-electron chi connectivity index (χ0n) is 17.3. The van der Waals surface area contributed by atoms with Gasteiger partial charge in [-0.2, -0.15) is 0 Å². The average Bonchev–Trinajstić information content (AvgIpc) is 2.81. The molecule has 1 amide bonds. The zero-order chi connectivity index (χ0) is 21.9. The molecule has 0 unspecified atom stereocenters. The first kappa shape index (κ1) is 21.8. The van der Waals surface area contributed by atoms with Gasteiger partial charge in [0.15, 0.2) is 0 Å². The number of hydrogen-bond donors (Lipinski definition) is 1. The fourth-order valence-corrected chi connectivity index (χ4v) is 2.87. The summed E-state index contributed by atoms with van der Waals surface area (Å²) in [6.07, 6.45) is 7.48. The Balaban J connectivity index is 1.48. The largest absolute Gasteiger partial charge is 0.497 e. The van der Waals surface area contributed by atoms with Crippen LogP contribution in [0.5, 0.6) is 5.75 Å². The summed E-state index contributed by atoms with van der Waals surface area (Å²) in [5.74, 6) is 0.201. The normalized spacial score (nSPS) is 10.6. The number of rotatable bonds is 9. The molecule has 0 saturated carbocycles. The average molecular weight is 416 g/mol. The van der Waals surface area contributed by atoms with Gasteiger partial charge in [0.25, 0.3) is 0 Å². The van der Waals surface area contributed by atoms with Crippen LogP contribution in [0.1, 0.15) is 23.1 Å². The molecular formula is C25H24N2O4. The van der Waals surface area contributed by atoms with Crippen molar-refractivity contribution < 1.29 is 19.1 Å². The molecule has 0 aliphatic carbocycles. The molecule has 0 radical (unpaired) electrons. The van der Waals surface area contributed by atoms with Gasteiger partial charge in [0.1, 0.15) is 12.4 Å². The summed E-state index contributed by atoms with van der Waals surface area (Å²) in [7, 11) is 1.60. The number of methoxy groups -OCH3 is 1. The molecule has 3 aromatic rings. The van der Waals surface area contributed by atoms with E-state index in [2.05, 4.69) is 10.3 Å². The number of aryl methyl sites for hydroxylation is 1. The highest BCUT2D eigenvalue weighted by molar-refractivity contribution is 6.02. The molecule has 0 aliphatic heterocycles. The van der Waals surface area contributed by atoms with E-state index in [1.54, 1.807) is 37.7 Å². The molecule has 0 atom stereocenters. The second kappa shape index (κ2) is 11.3. The molecule has 0 fully saturated rings. The van der Waals surface area contributed by atoms with Gasteiger partial charge in [0, 0.05) is 30.6 Å². The monoisotopic (exact) mass is 416 g/mol. The molecule has 1 heterocycles. The Bertz CT molecular complexity index is 1050. The lowest BCUT2D eigenvalue weighted by Gasteiger charge is -2.08. The Morgan fingerprint density at radius 1 is 1.00 bits per heavy atom. The predicted molar refractivity (Wildman–Crippen MR) is 119 cm³/mol. The van der Waals surface area contributed by atoms with Crippen LogP contribution >= 0.6 is 0 Å². The number of amides is 1. The Morgan fingerprint density at radius 2 is 1.81 bits per heavy atom. The standard InChI is InChI=1S/C25H24N2O4/c1-30-23-7-3-4-20(17-23)8-10-24(28)27-22-6-2-5-21(16-22)18-31-25(29)11-9-19-12-14-26-15-13-19/h2-8,10,12-17H,9,11,18H2,1H3,(H,27,28)/b10-8+. The van der Waals surface area contributed by atoms with Crippen molar-refractivity contribution in [2.45, 2.75) is 19.4 Å². The van der Waals surface area contributed by atoms with Crippen LogP contribution < -0.4 is 10.1 Å². The van der Waals surface area contributed by atoms with Crippen LogP contribution in [0.15, 0.2) is 79.1 Å². The highest BCUT2D eigenvalue weighted by Crippen LogP contribution is 2.15. The number of esters is 1. The molecule has 3 rings (SSSR count). The van der Waals surface area contributed by atoms with Crippen LogP contribution in [-0.2, 0) is 27.4 Å². The van der Waals surface area contributed by atoms with Crippen molar-refractivity contribution in [3.8, 4) is 5.75 Å². The van der Waals surface area contributed by atoms with E-state index in [-0.39, 0.29) is 18.5 Å². The van der Waals surface area contributed by atoms with Crippen LogP contribution in [0.2, 0.25) is 0 Å². The Hall–Kier alpha value is -3.93. The molecule has 6 heteroatoms. The summed E-state index contributed by atoms with van der Waals surface area (Å²) in [4.78, 5) is 28.2. The van der Waals surface area contributed by atoms with Crippen LogP contribution in [0.4, 0.5) is 5.69 Å². The summed E-state index contributed by atoms with van der Waals surface area (Å²) in [6, 6.07) is 18.4. The third kappa shape index (κ3) is 7.44. The molecule has 31 heavy (non-hydrogen) atoms. The number of nitrogens with zero attached hydrogens (tertiary/aromatic N) is 1. The minimum absolute atomic E-state index is 0.151. The molecule has 6 nitrogen and oxygen atoms in total. The first-order valence-electron chi connectivity index (χ1n) is 9.89. The molecule has 158 valence electrons. The topological polar surface area (TPSA) is 77.5 Å². The third-order valence-corrected chi connectivity index (χ3v) is 4.48. The number of carbonyl (C=O) groups excluding carboxylic acids is 2. The van der Waals surface area contributed by atoms with Crippen LogP contribution in [0.3, 0.4) is 0 Å². The summed E-state index contributed by atoms with van der Waals surface area (Å²) in [5.41, 5.74) is 3.33. The van der Waals surface area contributed by atoms with Crippen LogP contribution in [0, 0.1) is 0 Å². The number of pyridine rings is 1. The van der Waals surface area contributed by atoms with Gasteiger partial charge in [-0.15, -0.1) is 0 Å². The lowest BCUT2D eigenvalue weighted by atomic mass is 10.1. The van der Waals surface area contributed by atoms with Crippen LogP contribution in [0.25, 0.3) is 6.08 Å². The SMILES string of the molecule is COc1cccc(/C=C/C(=O)Nc2cccc(COC(=O)CCc3ccncc3)c2)c1. The van der Waals surface area contributed by atoms with Crippen LogP contribution in [-0.4, -0.2) is 24.0 Å². The van der Waals surface area contributed by atoms with Gasteiger partial charge >= 0.3 is 5.97 Å². The van der Waals surface area contributed by atoms with Gasteiger partial charge in [-0.3, -0.25) is 14.6 Å². The maximum atomic E-state index is 12.2. The van der Waals surface area contributed by atoms with Crippen molar-refractivity contribution in [3.63, 3.8) is 0 Å². The molecule has 1 aromatic heterocycles. The van der Waals surface area contributed by atoms with Gasteiger partial charge in [-0.1, -0.05) is 24.3 Å². The molecule has 2 aromatic carbocycles. The van der Waals surface area contributed by atoms with E-state index in [0.29, 0.717) is 18.5 Å². The quantitative estimate of drug-likeness (QED) is 0.413. The smallest absolute Gasteiger partial charge is 0.306 e. The van der Waals surface area contributed by atoms with Crippen molar-refractivity contribution in [2.75, 3.05) is 12.4 Å². The maximum Gasteiger partial charge on any atom is 0.306 e.